The number of urea groups is 1. The number of hydrogen-bond donors (Lipinski definition) is 1. The number of piperazine rings is 1. The Labute approximate surface area is 152 Å². The molecule has 0 radical (unpaired) electrons. The van der Waals surface area contributed by atoms with Gasteiger partial charge in [0.25, 0.3) is 0 Å². The molecule has 1 aliphatic rings. The van der Waals surface area contributed by atoms with Crippen molar-refractivity contribution in [1.29, 1.82) is 0 Å². The van der Waals surface area contributed by atoms with Gasteiger partial charge in [-0.25, -0.2) is 22.4 Å². The Bertz CT molecular complexity index is 841. The third-order valence-electron chi connectivity index (χ3n) is 4.11. The summed E-state index contributed by atoms with van der Waals surface area (Å²) in [6, 6.07) is 5.44. The first kappa shape index (κ1) is 18.3. The minimum absolute atomic E-state index is 0.0106. The molecule has 1 N–H and O–H groups in total. The summed E-state index contributed by atoms with van der Waals surface area (Å²) in [5, 5.41) is 2.25. The lowest BCUT2D eigenvalue weighted by Gasteiger charge is -2.36. The van der Waals surface area contributed by atoms with E-state index in [0.29, 0.717) is 26.2 Å². The molecule has 2 aromatic rings. The monoisotopic (exact) mass is 387 g/mol. The number of hydrogen-bond acceptors (Lipinski definition) is 2. The zero-order chi connectivity index (χ0) is 18.8. The molecule has 0 aromatic heterocycles. The van der Waals surface area contributed by atoms with Crippen molar-refractivity contribution >= 4 is 29.0 Å². The quantitative estimate of drug-likeness (QED) is 0.617. The first-order valence-corrected chi connectivity index (χ1v) is 8.14. The SMILES string of the molecule is O=C(Nc1ccc(F)c(F)c1F)N1CCN(c2ccc(F)c(Cl)c2)CC1. The number of nitrogens with one attached hydrogen (secondary N) is 1. The Morgan fingerprint density at radius 3 is 2.23 bits per heavy atom. The highest BCUT2D eigenvalue weighted by Gasteiger charge is 2.23. The highest BCUT2D eigenvalue weighted by Crippen LogP contribution is 2.24. The fraction of sp³-hybridized carbons (Fsp3) is 0.235. The van der Waals surface area contributed by atoms with Gasteiger partial charge in [0, 0.05) is 31.9 Å². The van der Waals surface area contributed by atoms with Crippen LogP contribution in [-0.2, 0) is 0 Å². The third kappa shape index (κ3) is 3.70. The van der Waals surface area contributed by atoms with Crippen molar-refractivity contribution in [2.75, 3.05) is 36.4 Å². The van der Waals surface area contributed by atoms with Crippen LogP contribution >= 0.6 is 11.6 Å². The van der Waals surface area contributed by atoms with Gasteiger partial charge in [-0.3, -0.25) is 0 Å². The third-order valence-corrected chi connectivity index (χ3v) is 4.40. The average molecular weight is 388 g/mol. The van der Waals surface area contributed by atoms with Gasteiger partial charge in [0.15, 0.2) is 17.5 Å². The van der Waals surface area contributed by atoms with Crippen LogP contribution in [0.2, 0.25) is 5.02 Å². The van der Waals surface area contributed by atoms with Gasteiger partial charge in [-0.05, 0) is 30.3 Å². The summed E-state index contributed by atoms with van der Waals surface area (Å²) in [6.45, 7) is 1.53. The summed E-state index contributed by atoms with van der Waals surface area (Å²) in [5.74, 6) is -4.92. The van der Waals surface area contributed by atoms with Gasteiger partial charge in [-0.1, -0.05) is 11.6 Å². The molecule has 0 aliphatic carbocycles. The lowest BCUT2D eigenvalue weighted by atomic mass is 10.2. The van der Waals surface area contributed by atoms with Crippen LogP contribution < -0.4 is 10.2 Å². The Hall–Kier alpha value is -2.48. The standard InChI is InChI=1S/C17H14ClF4N3O/c18-11-9-10(1-2-12(11)19)24-5-7-25(8-6-24)17(26)23-14-4-3-13(20)15(21)16(14)22/h1-4,9H,5-8H2,(H,23,26). The van der Waals surface area contributed by atoms with Gasteiger partial charge in [0.1, 0.15) is 5.82 Å². The zero-order valence-corrected chi connectivity index (χ0v) is 14.2. The second-order valence-electron chi connectivity index (χ2n) is 5.73. The van der Waals surface area contributed by atoms with E-state index in [0.717, 1.165) is 17.8 Å². The normalized spacial score (nSPS) is 14.5. The summed E-state index contributed by atoms with van der Waals surface area (Å²) in [5.41, 5.74) is 0.296. The van der Waals surface area contributed by atoms with Crippen LogP contribution in [0.3, 0.4) is 0 Å². The van der Waals surface area contributed by atoms with Gasteiger partial charge in [0.05, 0.1) is 10.7 Å². The Morgan fingerprint density at radius 2 is 1.58 bits per heavy atom. The molecule has 9 heteroatoms. The van der Waals surface area contributed by atoms with Crippen LogP contribution in [0.1, 0.15) is 0 Å². The molecule has 0 unspecified atom stereocenters. The lowest BCUT2D eigenvalue weighted by Crippen LogP contribution is -2.50. The highest BCUT2D eigenvalue weighted by molar-refractivity contribution is 6.31. The van der Waals surface area contributed by atoms with Crippen LogP contribution in [0.4, 0.5) is 33.7 Å². The molecule has 0 atom stereocenters. The molecule has 138 valence electrons. The maximum Gasteiger partial charge on any atom is 0.322 e. The molecular formula is C17H14ClF4N3O. The molecular weight excluding hydrogens is 374 g/mol. The molecule has 0 bridgehead atoms. The van der Waals surface area contributed by atoms with Crippen molar-refractivity contribution in [1.82, 2.24) is 4.90 Å². The van der Waals surface area contributed by atoms with Gasteiger partial charge < -0.3 is 15.1 Å². The minimum atomic E-state index is -1.64. The number of rotatable bonds is 2. The molecule has 3 rings (SSSR count). The molecule has 2 amide bonds. The highest BCUT2D eigenvalue weighted by atomic mass is 35.5. The summed E-state index contributed by atoms with van der Waals surface area (Å²) >= 11 is 5.77. The van der Waals surface area contributed by atoms with Crippen LogP contribution in [0.25, 0.3) is 0 Å². The van der Waals surface area contributed by atoms with Gasteiger partial charge in [-0.15, -0.1) is 0 Å². The minimum Gasteiger partial charge on any atom is -0.368 e. The maximum atomic E-state index is 13.6. The van der Waals surface area contributed by atoms with Crippen molar-refractivity contribution < 1.29 is 22.4 Å². The first-order chi connectivity index (χ1) is 12.4. The number of carbonyl (C=O) groups is 1. The summed E-state index contributed by atoms with van der Waals surface area (Å²) in [7, 11) is 0. The van der Waals surface area contributed by atoms with E-state index in [-0.39, 0.29) is 5.02 Å². The van der Waals surface area contributed by atoms with E-state index in [9.17, 15) is 22.4 Å². The summed E-state index contributed by atoms with van der Waals surface area (Å²) in [6.07, 6.45) is 0. The van der Waals surface area contributed by atoms with Gasteiger partial charge in [0.2, 0.25) is 0 Å². The largest absolute Gasteiger partial charge is 0.368 e. The van der Waals surface area contributed by atoms with E-state index in [4.69, 9.17) is 11.6 Å². The predicted molar refractivity (Wildman–Crippen MR) is 90.5 cm³/mol. The van der Waals surface area contributed by atoms with Crippen molar-refractivity contribution in [2.24, 2.45) is 0 Å². The van der Waals surface area contributed by atoms with Crippen molar-refractivity contribution in [3.63, 3.8) is 0 Å². The second kappa shape index (κ2) is 7.41. The molecule has 0 saturated carbocycles. The smallest absolute Gasteiger partial charge is 0.322 e. The van der Waals surface area contributed by atoms with E-state index < -0.39 is 35.0 Å². The molecule has 0 spiro atoms. The fourth-order valence-electron chi connectivity index (χ4n) is 2.67. The molecule has 2 aromatic carbocycles. The van der Waals surface area contributed by atoms with Crippen LogP contribution in [0, 0.1) is 23.3 Å². The predicted octanol–water partition coefficient (Wildman–Crippen LogP) is 4.25. The van der Waals surface area contributed by atoms with Gasteiger partial charge >= 0.3 is 6.03 Å². The van der Waals surface area contributed by atoms with E-state index in [1.165, 1.54) is 17.0 Å². The number of amides is 2. The molecule has 1 saturated heterocycles. The Kier molecular flexibility index (Phi) is 5.22. The van der Waals surface area contributed by atoms with E-state index >= 15 is 0 Å². The molecule has 26 heavy (non-hydrogen) atoms. The Balaban J connectivity index is 1.62. The molecule has 4 nitrogen and oxygen atoms in total. The topological polar surface area (TPSA) is 35.6 Å². The number of benzene rings is 2. The number of nitrogens with zero attached hydrogens (tertiary/aromatic N) is 2. The first-order valence-electron chi connectivity index (χ1n) is 7.76. The van der Waals surface area contributed by atoms with Crippen LogP contribution in [0.15, 0.2) is 30.3 Å². The number of halogens is 5. The molecule has 1 heterocycles. The second-order valence-corrected chi connectivity index (χ2v) is 6.13. The maximum absolute atomic E-state index is 13.6. The van der Waals surface area contributed by atoms with Crippen LogP contribution in [-0.4, -0.2) is 37.1 Å². The van der Waals surface area contributed by atoms with Gasteiger partial charge in [-0.2, -0.15) is 0 Å². The molecule has 1 fully saturated rings. The van der Waals surface area contributed by atoms with E-state index in [1.807, 2.05) is 4.90 Å². The van der Waals surface area contributed by atoms with Crippen LogP contribution in [0.5, 0.6) is 0 Å². The van der Waals surface area contributed by atoms with Crippen molar-refractivity contribution in [3.05, 3.63) is 58.6 Å². The number of anilines is 2. The van der Waals surface area contributed by atoms with Crippen molar-refractivity contribution in [2.45, 2.75) is 0 Å². The fourth-order valence-corrected chi connectivity index (χ4v) is 2.84. The summed E-state index contributed by atoms with van der Waals surface area (Å²) < 4.78 is 53.0. The Morgan fingerprint density at radius 1 is 0.923 bits per heavy atom. The molecule has 1 aliphatic heterocycles. The lowest BCUT2D eigenvalue weighted by molar-refractivity contribution is 0.208. The summed E-state index contributed by atoms with van der Waals surface area (Å²) in [4.78, 5) is 15.5. The van der Waals surface area contributed by atoms with E-state index in [2.05, 4.69) is 5.32 Å². The zero-order valence-electron chi connectivity index (χ0n) is 13.4. The van der Waals surface area contributed by atoms with E-state index in [1.54, 1.807) is 6.07 Å². The van der Waals surface area contributed by atoms with Crippen molar-refractivity contribution in [3.8, 4) is 0 Å². The number of carbonyl (C=O) groups excluding carboxylic acids is 1. The average Bonchev–Trinajstić information content (AvgIpc) is 2.64.